The van der Waals surface area contributed by atoms with Crippen molar-refractivity contribution in [3.05, 3.63) is 0 Å². The van der Waals surface area contributed by atoms with Gasteiger partial charge in [-0.1, -0.05) is 0 Å². The second kappa shape index (κ2) is 3.06. The Kier molecular flexibility index (Phi) is 2.54. The van der Waals surface area contributed by atoms with Crippen molar-refractivity contribution in [3.8, 4) is 0 Å². The van der Waals surface area contributed by atoms with Crippen molar-refractivity contribution in [1.29, 1.82) is 0 Å². The molecule has 0 aromatic heterocycles. The number of thiol groups is 1. The first kappa shape index (κ1) is 8.29. The lowest BCUT2D eigenvalue weighted by atomic mass is 10.2. The van der Waals surface area contributed by atoms with E-state index in [2.05, 4.69) is 12.6 Å². The van der Waals surface area contributed by atoms with E-state index in [9.17, 15) is 0 Å². The number of ether oxygens (including phenoxy) is 1. The van der Waals surface area contributed by atoms with Gasteiger partial charge in [-0.3, -0.25) is 0 Å². The highest BCUT2D eigenvalue weighted by atomic mass is 32.1. The zero-order chi connectivity index (χ0) is 7.72. The average molecular weight is 166 g/mol. The lowest BCUT2D eigenvalue weighted by molar-refractivity contribution is -0.123. The van der Waals surface area contributed by atoms with Gasteiger partial charge in [-0.25, -0.2) is 0 Å². The highest BCUT2D eigenvalue weighted by molar-refractivity contribution is 7.80. The van der Waals surface area contributed by atoms with Crippen molar-refractivity contribution in [2.24, 2.45) is 0 Å². The monoisotopic (exact) mass is 166 g/mol. The zero-order valence-corrected chi connectivity index (χ0v) is 6.11. The summed E-state index contributed by atoms with van der Waals surface area (Å²) >= 11 is 3.85. The maximum Gasteiger partial charge on any atom is 0.183 e. The van der Waals surface area contributed by atoms with Crippen molar-refractivity contribution >= 4 is 12.6 Å². The van der Waals surface area contributed by atoms with E-state index in [-0.39, 0.29) is 5.75 Å². The van der Waals surface area contributed by atoms with Crippen LogP contribution < -0.4 is 0 Å². The van der Waals surface area contributed by atoms with Crippen LogP contribution in [0.25, 0.3) is 0 Å². The molecular formula is C5H10O4S. The van der Waals surface area contributed by atoms with E-state index in [1.165, 1.54) is 0 Å². The van der Waals surface area contributed by atoms with Crippen LogP contribution in [0.4, 0.5) is 0 Å². The van der Waals surface area contributed by atoms with Crippen LogP contribution in [0.2, 0.25) is 0 Å². The predicted octanol–water partition coefficient (Wildman–Crippen LogP) is -1.64. The minimum atomic E-state index is -1.27. The molecule has 0 aromatic rings. The first-order valence-electron chi connectivity index (χ1n) is 2.97. The number of aliphatic hydroxyl groups is 3. The molecule has 4 atom stereocenters. The Balaban J connectivity index is 2.53. The van der Waals surface area contributed by atoms with Crippen LogP contribution >= 0.6 is 12.6 Å². The molecule has 10 heavy (non-hydrogen) atoms. The van der Waals surface area contributed by atoms with E-state index in [1.807, 2.05) is 0 Å². The fraction of sp³-hybridized carbons (Fsp3) is 1.00. The molecule has 1 heterocycles. The van der Waals surface area contributed by atoms with Crippen molar-refractivity contribution < 1.29 is 20.1 Å². The lowest BCUT2D eigenvalue weighted by Gasteiger charge is -2.09. The van der Waals surface area contributed by atoms with E-state index in [1.54, 1.807) is 0 Å². The van der Waals surface area contributed by atoms with Crippen LogP contribution in [0.3, 0.4) is 0 Å². The van der Waals surface area contributed by atoms with Gasteiger partial charge in [0.25, 0.3) is 0 Å². The zero-order valence-electron chi connectivity index (χ0n) is 5.21. The largest absolute Gasteiger partial charge is 0.387 e. The Morgan fingerprint density at radius 1 is 1.20 bits per heavy atom. The van der Waals surface area contributed by atoms with Crippen LogP contribution in [0, 0.1) is 0 Å². The van der Waals surface area contributed by atoms with Crippen molar-refractivity contribution in [1.82, 2.24) is 0 Å². The third-order valence-corrected chi connectivity index (χ3v) is 1.88. The van der Waals surface area contributed by atoms with Gasteiger partial charge in [0.1, 0.15) is 12.2 Å². The Hall–Kier alpha value is 0.190. The van der Waals surface area contributed by atoms with E-state index in [0.29, 0.717) is 0 Å². The molecule has 0 amide bonds. The summed E-state index contributed by atoms with van der Waals surface area (Å²) in [5.41, 5.74) is 0. The molecule has 1 saturated heterocycles. The molecule has 0 aliphatic carbocycles. The van der Waals surface area contributed by atoms with Crippen LogP contribution in [0.1, 0.15) is 0 Å². The van der Waals surface area contributed by atoms with E-state index in [4.69, 9.17) is 20.1 Å². The topological polar surface area (TPSA) is 69.9 Å². The molecule has 0 radical (unpaired) electrons. The van der Waals surface area contributed by atoms with Gasteiger partial charge in [-0.15, -0.1) is 0 Å². The molecule has 0 aromatic carbocycles. The molecule has 0 unspecified atom stereocenters. The van der Waals surface area contributed by atoms with Crippen molar-refractivity contribution in [3.63, 3.8) is 0 Å². The van der Waals surface area contributed by atoms with E-state index >= 15 is 0 Å². The second-order valence-corrected chi connectivity index (χ2v) is 2.59. The minimum Gasteiger partial charge on any atom is -0.387 e. The smallest absolute Gasteiger partial charge is 0.183 e. The van der Waals surface area contributed by atoms with Crippen LogP contribution in [0.5, 0.6) is 0 Å². The van der Waals surface area contributed by atoms with Crippen LogP contribution in [-0.4, -0.2) is 45.7 Å². The van der Waals surface area contributed by atoms with E-state index < -0.39 is 24.6 Å². The molecule has 3 N–H and O–H groups in total. The number of aliphatic hydroxyl groups excluding tert-OH is 3. The third kappa shape index (κ3) is 1.28. The van der Waals surface area contributed by atoms with Crippen molar-refractivity contribution in [2.75, 3.05) is 5.75 Å². The summed E-state index contributed by atoms with van der Waals surface area (Å²) in [6.07, 6.45) is -4.05. The highest BCUT2D eigenvalue weighted by Gasteiger charge is 2.40. The lowest BCUT2D eigenvalue weighted by Crippen LogP contribution is -2.32. The molecule has 0 spiro atoms. The minimum absolute atomic E-state index is 0.287. The third-order valence-electron chi connectivity index (χ3n) is 1.52. The van der Waals surface area contributed by atoms with Gasteiger partial charge >= 0.3 is 0 Å². The Morgan fingerprint density at radius 2 is 1.80 bits per heavy atom. The fourth-order valence-corrected chi connectivity index (χ4v) is 1.18. The van der Waals surface area contributed by atoms with Gasteiger partial charge in [0, 0.05) is 5.75 Å². The van der Waals surface area contributed by atoms with Gasteiger partial charge in [0.05, 0.1) is 6.10 Å². The summed E-state index contributed by atoms with van der Waals surface area (Å²) in [4.78, 5) is 0. The van der Waals surface area contributed by atoms with E-state index in [0.717, 1.165) is 0 Å². The predicted molar refractivity (Wildman–Crippen MR) is 36.7 cm³/mol. The summed E-state index contributed by atoms with van der Waals surface area (Å²) in [6.45, 7) is 0. The van der Waals surface area contributed by atoms with Crippen molar-refractivity contribution in [2.45, 2.75) is 24.6 Å². The van der Waals surface area contributed by atoms with Gasteiger partial charge in [0.2, 0.25) is 0 Å². The summed E-state index contributed by atoms with van der Waals surface area (Å²) < 4.78 is 4.71. The number of hydrogen-bond acceptors (Lipinski definition) is 5. The molecule has 0 saturated carbocycles. The quantitative estimate of drug-likeness (QED) is 0.352. The summed E-state index contributed by atoms with van der Waals surface area (Å²) in [5, 5.41) is 26.8. The summed E-state index contributed by atoms with van der Waals surface area (Å²) in [7, 11) is 0. The number of hydrogen-bond donors (Lipinski definition) is 4. The molecule has 1 fully saturated rings. The molecule has 0 bridgehead atoms. The molecule has 4 nitrogen and oxygen atoms in total. The molecule has 1 aliphatic rings. The highest BCUT2D eigenvalue weighted by Crippen LogP contribution is 2.19. The summed E-state index contributed by atoms with van der Waals surface area (Å²) in [5.74, 6) is 0.287. The van der Waals surface area contributed by atoms with Gasteiger partial charge in [-0.2, -0.15) is 12.6 Å². The summed E-state index contributed by atoms with van der Waals surface area (Å²) in [6, 6.07) is 0. The maximum absolute atomic E-state index is 9.04. The second-order valence-electron chi connectivity index (χ2n) is 2.23. The molecular weight excluding hydrogens is 156 g/mol. The average Bonchev–Trinajstić information content (AvgIpc) is 2.17. The first-order valence-corrected chi connectivity index (χ1v) is 3.60. The maximum atomic E-state index is 9.04. The van der Waals surface area contributed by atoms with Crippen LogP contribution in [0.15, 0.2) is 0 Å². The standard InChI is InChI=1S/C5H10O4S/c6-3-2(1-10)9-5(8)4(3)7/h2-8,10H,1H2/t2-,3+,4-,5-/m1/s1. The fourth-order valence-electron chi connectivity index (χ4n) is 0.880. The first-order chi connectivity index (χ1) is 4.66. The van der Waals surface area contributed by atoms with Crippen LogP contribution in [-0.2, 0) is 4.74 Å². The van der Waals surface area contributed by atoms with Gasteiger partial charge < -0.3 is 20.1 Å². The SMILES string of the molecule is O[C@@H]1[C@@H](O)[C@@H](CS)O[C@H]1O. The number of rotatable bonds is 1. The molecule has 1 aliphatic heterocycles. The Morgan fingerprint density at radius 3 is 2.00 bits per heavy atom. The normalized spacial score (nSPS) is 48.0. The molecule has 60 valence electrons. The molecule has 1 rings (SSSR count). The Bertz CT molecular complexity index is 120. The Labute approximate surface area is 63.8 Å². The van der Waals surface area contributed by atoms with Gasteiger partial charge in [0.15, 0.2) is 6.29 Å². The van der Waals surface area contributed by atoms with Gasteiger partial charge in [-0.05, 0) is 0 Å². The molecule has 5 heteroatoms.